The molecule has 7 N–H and O–H groups in total. The van der Waals surface area contributed by atoms with Crippen LogP contribution in [0.4, 0.5) is 5.82 Å². The minimum absolute atomic E-state index is 0. The van der Waals surface area contributed by atoms with Gasteiger partial charge >= 0.3 is 7.82 Å². The zero-order valence-electron chi connectivity index (χ0n) is 11.0. The maximum atomic E-state index is 10.5. The minimum atomic E-state index is -4.38. The molecular formula is C9H16IN6O4P. The minimum Gasteiger partial charge on any atom is -0.382 e. The van der Waals surface area contributed by atoms with Gasteiger partial charge in [-0.3, -0.25) is 4.52 Å². The van der Waals surface area contributed by atoms with Gasteiger partial charge in [0.2, 0.25) is 0 Å². The van der Waals surface area contributed by atoms with Crippen molar-refractivity contribution in [1.29, 1.82) is 0 Å². The summed E-state index contributed by atoms with van der Waals surface area (Å²) in [6.45, 7) is 0.610. The molecule has 0 fully saturated rings. The summed E-state index contributed by atoms with van der Waals surface area (Å²) in [5, 5.41) is 0. The zero-order valence-corrected chi connectivity index (χ0v) is 14.1. The maximum absolute atomic E-state index is 10.5. The summed E-state index contributed by atoms with van der Waals surface area (Å²) in [6.07, 6.45) is 2.81. The monoisotopic (exact) mass is 430 g/mol. The van der Waals surface area contributed by atoms with Gasteiger partial charge in [-0.2, -0.15) is 0 Å². The number of fused-ring (bicyclic) bond motifs is 1. The number of anilines is 1. The number of rotatable bonds is 6. The molecule has 0 aliphatic rings. The van der Waals surface area contributed by atoms with E-state index in [1.54, 1.807) is 6.33 Å². The Labute approximate surface area is 134 Å². The summed E-state index contributed by atoms with van der Waals surface area (Å²) in [4.78, 5) is 29.5. The average molecular weight is 430 g/mol. The number of aryl methyl sites for hydroxylation is 1. The molecular weight excluding hydrogens is 414 g/mol. The number of hydrogen-bond acceptors (Lipinski definition) is 7. The summed E-state index contributed by atoms with van der Waals surface area (Å²) in [6, 6.07) is 0. The van der Waals surface area contributed by atoms with E-state index in [-0.39, 0.29) is 12.8 Å². The van der Waals surface area contributed by atoms with E-state index in [2.05, 4.69) is 19.5 Å². The number of nitrogens with two attached hydrogens (primary N) is 1. The number of halogens is 1. The fourth-order valence-corrected chi connectivity index (χ4v) is 2.53. The summed E-state index contributed by atoms with van der Waals surface area (Å²) in [7, 11) is -4.38. The fourth-order valence-electron chi connectivity index (χ4n) is 1.67. The second kappa shape index (κ2) is 7.42. The van der Waals surface area contributed by atoms with Crippen LogP contribution in [0.5, 0.6) is 0 Å². The molecule has 0 saturated heterocycles. The molecule has 0 aliphatic heterocycles. The number of imidazole rings is 1. The fraction of sp³-hybridized carbons (Fsp3) is 0.444. The Balaban J connectivity index is 0.00000220. The van der Waals surface area contributed by atoms with Crippen LogP contribution in [-0.4, -0.2) is 35.9 Å². The van der Waals surface area contributed by atoms with Crippen LogP contribution in [0.25, 0.3) is 11.2 Å². The third-order valence-corrected chi connectivity index (χ3v) is 3.52. The van der Waals surface area contributed by atoms with Crippen LogP contribution >= 0.6 is 30.4 Å². The number of phosphoric ester groups is 1. The number of hydrogen-bond donors (Lipinski definition) is 4. The third-order valence-electron chi connectivity index (χ3n) is 2.52. The molecule has 0 aliphatic carbocycles. The molecule has 21 heavy (non-hydrogen) atoms. The Hall–Kier alpha value is -0.850. The van der Waals surface area contributed by atoms with Crippen LogP contribution in [0.3, 0.4) is 0 Å². The molecule has 0 bridgehead atoms. The molecule has 2 heterocycles. The van der Waals surface area contributed by atoms with Crippen molar-refractivity contribution in [2.75, 3.05) is 12.3 Å². The number of nitrogens with zero attached hydrogens (tertiary/aromatic N) is 4. The van der Waals surface area contributed by atoms with Gasteiger partial charge in [-0.15, -0.1) is 0 Å². The molecule has 2 rings (SSSR count). The first-order chi connectivity index (χ1) is 9.37. The molecule has 12 heteroatoms. The van der Waals surface area contributed by atoms with Gasteiger partial charge in [0.05, 0.1) is 12.9 Å². The highest BCUT2D eigenvalue weighted by Crippen LogP contribution is 2.35. The Morgan fingerprint density at radius 3 is 2.76 bits per heavy atom. The van der Waals surface area contributed by atoms with Crippen molar-refractivity contribution in [3.8, 4) is 0 Å². The molecule has 2 aromatic rings. The summed E-state index contributed by atoms with van der Waals surface area (Å²) in [5.74, 6) is 0.336. The average Bonchev–Trinajstić information content (AvgIpc) is 2.70. The predicted octanol–water partition coefficient (Wildman–Crippen LogP) is 1.06. The predicted molar refractivity (Wildman–Crippen MR) is 84.7 cm³/mol. The van der Waals surface area contributed by atoms with Crippen molar-refractivity contribution < 1.29 is 18.9 Å². The van der Waals surface area contributed by atoms with Crippen molar-refractivity contribution >= 4 is 47.4 Å². The van der Waals surface area contributed by atoms with Gasteiger partial charge in [0.25, 0.3) is 0 Å². The highest BCUT2D eigenvalue weighted by atomic mass is 127. The summed E-state index contributed by atoms with van der Waals surface area (Å²) < 4.78 is 17.2. The Morgan fingerprint density at radius 2 is 2.10 bits per heavy atom. The maximum Gasteiger partial charge on any atom is 0.469 e. The Bertz CT molecular complexity index is 659. The van der Waals surface area contributed by atoms with E-state index >= 15 is 0 Å². The van der Waals surface area contributed by atoms with Crippen molar-refractivity contribution in [2.24, 2.45) is 0 Å². The van der Waals surface area contributed by atoms with Gasteiger partial charge < -0.3 is 26.2 Å². The molecule has 0 aromatic carbocycles. The van der Waals surface area contributed by atoms with Gasteiger partial charge in [0, 0.05) is 29.1 Å². The van der Waals surface area contributed by atoms with Crippen molar-refractivity contribution in [1.82, 2.24) is 25.7 Å². The lowest BCUT2D eigenvalue weighted by Crippen LogP contribution is -2.03. The van der Waals surface area contributed by atoms with Crippen LogP contribution < -0.4 is 11.9 Å². The smallest absolute Gasteiger partial charge is 0.382 e. The molecule has 0 radical (unpaired) electrons. The zero-order chi connectivity index (χ0) is 14.8. The normalized spacial score (nSPS) is 11.6. The summed E-state index contributed by atoms with van der Waals surface area (Å²) >= 11 is 1.98. The van der Waals surface area contributed by atoms with E-state index in [0.717, 1.165) is 0 Å². The van der Waals surface area contributed by atoms with Gasteiger partial charge in [-0.1, -0.05) is 0 Å². The third kappa shape index (κ3) is 5.13. The molecule has 0 saturated carbocycles. The summed E-state index contributed by atoms with van der Waals surface area (Å²) in [5.41, 5.74) is 6.96. The van der Waals surface area contributed by atoms with Crippen LogP contribution in [-0.2, 0) is 15.6 Å². The standard InChI is InChI=1S/C9H13IN5O4P.H3N/c10-9-13-7(11)6-8(14-9)15(5-12-6)3-1-2-4-19-20(16,17)18;/h5H,1-4H2,(H2,11,13,14)(H2,16,17,18);1H3. The molecule has 0 amide bonds. The second-order valence-electron chi connectivity index (χ2n) is 4.02. The largest absolute Gasteiger partial charge is 0.469 e. The van der Waals surface area contributed by atoms with Gasteiger partial charge in [0.15, 0.2) is 15.3 Å². The first-order valence-electron chi connectivity index (χ1n) is 5.71. The highest BCUT2D eigenvalue weighted by molar-refractivity contribution is 14.1. The number of phosphoric acid groups is 1. The van der Waals surface area contributed by atoms with E-state index < -0.39 is 7.82 Å². The lowest BCUT2D eigenvalue weighted by molar-refractivity contribution is 0.193. The van der Waals surface area contributed by atoms with Crippen LogP contribution in [0.2, 0.25) is 0 Å². The van der Waals surface area contributed by atoms with Crippen LogP contribution in [0.1, 0.15) is 12.8 Å². The molecule has 0 atom stereocenters. The number of unbranched alkanes of at least 4 members (excludes halogenated alkanes) is 1. The molecule has 10 nitrogen and oxygen atoms in total. The second-order valence-corrected chi connectivity index (χ2v) is 6.22. The lowest BCUT2D eigenvalue weighted by Gasteiger charge is -2.06. The molecule has 118 valence electrons. The quantitative estimate of drug-likeness (QED) is 0.226. The molecule has 0 unspecified atom stereocenters. The van der Waals surface area contributed by atoms with E-state index in [0.29, 0.717) is 40.2 Å². The van der Waals surface area contributed by atoms with Crippen molar-refractivity contribution in [2.45, 2.75) is 19.4 Å². The van der Waals surface area contributed by atoms with Crippen molar-refractivity contribution in [3.05, 3.63) is 10.2 Å². The highest BCUT2D eigenvalue weighted by Gasteiger charge is 2.13. The van der Waals surface area contributed by atoms with Crippen LogP contribution in [0.15, 0.2) is 6.33 Å². The first-order valence-corrected chi connectivity index (χ1v) is 8.31. The van der Waals surface area contributed by atoms with Gasteiger partial charge in [-0.05, 0) is 12.8 Å². The lowest BCUT2D eigenvalue weighted by atomic mass is 10.3. The van der Waals surface area contributed by atoms with E-state index in [4.69, 9.17) is 15.5 Å². The number of nitrogen functional groups attached to an aromatic ring is 1. The van der Waals surface area contributed by atoms with E-state index in [9.17, 15) is 4.57 Å². The van der Waals surface area contributed by atoms with Gasteiger partial charge in [0.1, 0.15) is 5.52 Å². The molecule has 0 spiro atoms. The van der Waals surface area contributed by atoms with E-state index in [1.165, 1.54) is 0 Å². The van der Waals surface area contributed by atoms with Crippen LogP contribution in [0, 0.1) is 3.83 Å². The van der Waals surface area contributed by atoms with Gasteiger partial charge in [-0.25, -0.2) is 19.5 Å². The SMILES string of the molecule is N.Nc1nc(I)nc2c1ncn2CCCCOP(=O)(O)O. The first kappa shape index (κ1) is 18.2. The Kier molecular flexibility index (Phi) is 6.43. The molecule has 2 aromatic heterocycles. The Morgan fingerprint density at radius 1 is 1.38 bits per heavy atom. The van der Waals surface area contributed by atoms with Crippen molar-refractivity contribution in [3.63, 3.8) is 0 Å². The topological polar surface area (TPSA) is 171 Å². The van der Waals surface area contributed by atoms with E-state index in [1.807, 2.05) is 27.2 Å². The number of aromatic nitrogens is 4.